The summed E-state index contributed by atoms with van der Waals surface area (Å²) in [6.45, 7) is 7.35. The van der Waals surface area contributed by atoms with E-state index < -0.39 is 0 Å². The van der Waals surface area contributed by atoms with Gasteiger partial charge in [0.2, 0.25) is 0 Å². The molecule has 0 radical (unpaired) electrons. The van der Waals surface area contributed by atoms with Crippen molar-refractivity contribution in [1.82, 2.24) is 20.2 Å². The molecule has 0 atom stereocenters. The molecule has 2 heterocycles. The molecule has 0 saturated carbocycles. The first-order valence-corrected chi connectivity index (χ1v) is 7.01. The minimum Gasteiger partial charge on any atom is -0.348 e. The van der Waals surface area contributed by atoms with Crippen LogP contribution in [-0.4, -0.2) is 46.5 Å². The van der Waals surface area contributed by atoms with Gasteiger partial charge in [0.25, 0.3) is 5.91 Å². The van der Waals surface area contributed by atoms with Crippen molar-refractivity contribution in [2.75, 3.05) is 19.6 Å². The van der Waals surface area contributed by atoms with E-state index in [1.54, 1.807) is 6.20 Å². The number of amides is 1. The van der Waals surface area contributed by atoms with Crippen molar-refractivity contribution in [1.29, 1.82) is 0 Å². The van der Waals surface area contributed by atoms with E-state index in [0.29, 0.717) is 5.69 Å². The fourth-order valence-electron chi connectivity index (χ4n) is 2.39. The fourth-order valence-corrected chi connectivity index (χ4v) is 2.39. The van der Waals surface area contributed by atoms with E-state index in [1.165, 1.54) is 12.6 Å². The standard InChI is InChI=1S/C14H22N4O/c1-3-6-18-7-4-12(5-8-18)17-14(19)13-10-15-11(2)9-16-13/h9-10,12H,3-8H2,1-2H3,(H,17,19). The Kier molecular flexibility index (Phi) is 4.85. The Morgan fingerprint density at radius 3 is 2.68 bits per heavy atom. The summed E-state index contributed by atoms with van der Waals surface area (Å²) < 4.78 is 0. The number of aromatic nitrogens is 2. The van der Waals surface area contributed by atoms with Gasteiger partial charge in [0, 0.05) is 25.3 Å². The van der Waals surface area contributed by atoms with Crippen LogP contribution in [0.1, 0.15) is 42.4 Å². The topological polar surface area (TPSA) is 58.1 Å². The lowest BCUT2D eigenvalue weighted by Gasteiger charge is -2.31. The molecule has 1 aliphatic rings. The minimum atomic E-state index is -0.110. The van der Waals surface area contributed by atoms with Crippen LogP contribution in [0.25, 0.3) is 0 Å². The van der Waals surface area contributed by atoms with Crippen molar-refractivity contribution in [3.05, 3.63) is 23.8 Å². The molecule has 0 bridgehead atoms. The summed E-state index contributed by atoms with van der Waals surface area (Å²) in [7, 11) is 0. The summed E-state index contributed by atoms with van der Waals surface area (Å²) in [5.41, 5.74) is 1.23. The Morgan fingerprint density at radius 2 is 2.11 bits per heavy atom. The monoisotopic (exact) mass is 262 g/mol. The number of aryl methyl sites for hydroxylation is 1. The van der Waals surface area contributed by atoms with E-state index in [4.69, 9.17) is 0 Å². The molecule has 1 fully saturated rings. The van der Waals surface area contributed by atoms with Gasteiger partial charge >= 0.3 is 0 Å². The quantitative estimate of drug-likeness (QED) is 0.891. The summed E-state index contributed by atoms with van der Waals surface area (Å²) in [5.74, 6) is -0.110. The molecule has 1 aromatic heterocycles. The minimum absolute atomic E-state index is 0.110. The predicted molar refractivity (Wildman–Crippen MR) is 74.0 cm³/mol. The van der Waals surface area contributed by atoms with Gasteiger partial charge in [-0.1, -0.05) is 6.92 Å². The van der Waals surface area contributed by atoms with Gasteiger partial charge in [-0.3, -0.25) is 9.78 Å². The molecule has 0 unspecified atom stereocenters. The van der Waals surface area contributed by atoms with Gasteiger partial charge in [0.15, 0.2) is 0 Å². The SMILES string of the molecule is CCCN1CCC(NC(=O)c2cnc(C)cn2)CC1. The van der Waals surface area contributed by atoms with Crippen LogP contribution in [-0.2, 0) is 0 Å². The number of carbonyl (C=O) groups is 1. The van der Waals surface area contributed by atoms with Crippen LogP contribution in [0.15, 0.2) is 12.4 Å². The normalized spacial score (nSPS) is 17.4. The molecule has 1 aromatic rings. The van der Waals surface area contributed by atoms with Gasteiger partial charge in [0.1, 0.15) is 5.69 Å². The zero-order valence-corrected chi connectivity index (χ0v) is 11.7. The number of hydrogen-bond acceptors (Lipinski definition) is 4. The average Bonchev–Trinajstić information content (AvgIpc) is 2.42. The van der Waals surface area contributed by atoms with Crippen LogP contribution < -0.4 is 5.32 Å². The average molecular weight is 262 g/mol. The van der Waals surface area contributed by atoms with Crippen LogP contribution in [0.5, 0.6) is 0 Å². The summed E-state index contributed by atoms with van der Waals surface area (Å²) in [4.78, 5) is 22.7. The number of nitrogens with one attached hydrogen (secondary N) is 1. The highest BCUT2D eigenvalue weighted by Gasteiger charge is 2.20. The fraction of sp³-hybridized carbons (Fsp3) is 0.643. The number of piperidine rings is 1. The Hall–Kier alpha value is -1.49. The summed E-state index contributed by atoms with van der Waals surface area (Å²) in [6.07, 6.45) is 6.39. The second kappa shape index (κ2) is 6.61. The molecule has 0 spiro atoms. The molecule has 2 rings (SSSR count). The second-order valence-electron chi connectivity index (χ2n) is 5.13. The summed E-state index contributed by atoms with van der Waals surface area (Å²) in [6, 6.07) is 0.267. The molecule has 0 aliphatic carbocycles. The van der Waals surface area contributed by atoms with Gasteiger partial charge in [-0.2, -0.15) is 0 Å². The molecule has 104 valence electrons. The van der Waals surface area contributed by atoms with E-state index in [1.807, 2.05) is 6.92 Å². The Morgan fingerprint density at radius 1 is 1.37 bits per heavy atom. The van der Waals surface area contributed by atoms with Gasteiger partial charge in [-0.05, 0) is 32.7 Å². The number of rotatable bonds is 4. The first kappa shape index (κ1) is 13.9. The van der Waals surface area contributed by atoms with Gasteiger partial charge in [-0.25, -0.2) is 4.98 Å². The molecule has 19 heavy (non-hydrogen) atoms. The van der Waals surface area contributed by atoms with Gasteiger partial charge in [0.05, 0.1) is 11.9 Å². The maximum atomic E-state index is 12.0. The third kappa shape index (κ3) is 3.99. The van der Waals surface area contributed by atoms with E-state index in [0.717, 1.165) is 38.2 Å². The maximum Gasteiger partial charge on any atom is 0.271 e. The Bertz CT molecular complexity index is 410. The second-order valence-corrected chi connectivity index (χ2v) is 5.13. The summed E-state index contributed by atoms with van der Waals surface area (Å²) in [5, 5.41) is 3.05. The van der Waals surface area contributed by atoms with Crippen LogP contribution in [0.4, 0.5) is 0 Å². The Balaban J connectivity index is 1.82. The molecular formula is C14H22N4O. The lowest BCUT2D eigenvalue weighted by Crippen LogP contribution is -2.45. The molecule has 1 amide bonds. The van der Waals surface area contributed by atoms with Crippen molar-refractivity contribution < 1.29 is 4.79 Å². The summed E-state index contributed by atoms with van der Waals surface area (Å²) >= 11 is 0. The lowest BCUT2D eigenvalue weighted by molar-refractivity contribution is 0.0905. The van der Waals surface area contributed by atoms with Crippen molar-refractivity contribution in [3.63, 3.8) is 0 Å². The van der Waals surface area contributed by atoms with Gasteiger partial charge in [-0.15, -0.1) is 0 Å². The van der Waals surface area contributed by atoms with Gasteiger partial charge < -0.3 is 10.2 Å². The van der Waals surface area contributed by atoms with E-state index in [9.17, 15) is 4.79 Å². The zero-order valence-electron chi connectivity index (χ0n) is 11.7. The number of hydrogen-bond donors (Lipinski definition) is 1. The van der Waals surface area contributed by atoms with Crippen LogP contribution >= 0.6 is 0 Å². The van der Waals surface area contributed by atoms with E-state index in [-0.39, 0.29) is 11.9 Å². The van der Waals surface area contributed by atoms with Crippen LogP contribution in [0.3, 0.4) is 0 Å². The van der Waals surface area contributed by atoms with Crippen LogP contribution in [0, 0.1) is 6.92 Å². The Labute approximate surface area is 114 Å². The molecule has 1 aliphatic heterocycles. The number of likely N-dealkylation sites (tertiary alicyclic amines) is 1. The highest BCUT2D eigenvalue weighted by Crippen LogP contribution is 2.11. The zero-order chi connectivity index (χ0) is 13.7. The third-order valence-corrected chi connectivity index (χ3v) is 3.48. The van der Waals surface area contributed by atoms with Crippen molar-refractivity contribution in [3.8, 4) is 0 Å². The largest absolute Gasteiger partial charge is 0.348 e. The molecule has 1 N–H and O–H groups in total. The van der Waals surface area contributed by atoms with Crippen LogP contribution in [0.2, 0.25) is 0 Å². The van der Waals surface area contributed by atoms with Crippen molar-refractivity contribution in [2.45, 2.75) is 39.2 Å². The maximum absolute atomic E-state index is 12.0. The lowest BCUT2D eigenvalue weighted by atomic mass is 10.0. The third-order valence-electron chi connectivity index (χ3n) is 3.48. The highest BCUT2D eigenvalue weighted by atomic mass is 16.1. The predicted octanol–water partition coefficient (Wildman–Crippen LogP) is 1.39. The molecule has 5 heteroatoms. The molecular weight excluding hydrogens is 240 g/mol. The molecule has 5 nitrogen and oxygen atoms in total. The van der Waals surface area contributed by atoms with Crippen molar-refractivity contribution >= 4 is 5.91 Å². The first-order valence-electron chi connectivity index (χ1n) is 7.01. The first-order chi connectivity index (χ1) is 9.19. The number of carbonyl (C=O) groups excluding carboxylic acids is 1. The molecule has 0 aromatic carbocycles. The van der Waals surface area contributed by atoms with E-state index in [2.05, 4.69) is 27.1 Å². The van der Waals surface area contributed by atoms with Crippen molar-refractivity contribution in [2.24, 2.45) is 0 Å². The van der Waals surface area contributed by atoms with E-state index >= 15 is 0 Å². The smallest absolute Gasteiger partial charge is 0.271 e. The molecule has 1 saturated heterocycles. The highest BCUT2D eigenvalue weighted by molar-refractivity contribution is 5.92. The number of nitrogens with zero attached hydrogens (tertiary/aromatic N) is 3.